The largest absolute Gasteiger partial charge is 0.339 e. The van der Waals surface area contributed by atoms with Gasteiger partial charge in [0.1, 0.15) is 6.33 Å². The second kappa shape index (κ2) is 7.50. The van der Waals surface area contributed by atoms with Crippen molar-refractivity contribution < 1.29 is 9.59 Å². The van der Waals surface area contributed by atoms with Crippen molar-refractivity contribution in [2.24, 2.45) is 13.0 Å². The van der Waals surface area contributed by atoms with Crippen LogP contribution in [0.4, 0.5) is 5.69 Å². The lowest BCUT2D eigenvalue weighted by Gasteiger charge is -2.31. The molecule has 1 saturated heterocycles. The molecule has 7 nitrogen and oxygen atoms in total. The van der Waals surface area contributed by atoms with E-state index in [0.29, 0.717) is 19.0 Å². The average molecular weight is 367 g/mol. The van der Waals surface area contributed by atoms with Gasteiger partial charge in [-0.1, -0.05) is 19.3 Å². The SMILES string of the molecule is Cn1cnnc1-c1ccc(NC(=O)C2CC(=O)N(C3CCCCC3)C2)cc1. The standard InChI is InChI=1S/C20H25N5O2/c1-24-13-21-23-19(24)14-7-9-16(10-8-14)22-20(27)15-11-18(26)25(12-15)17-5-3-2-4-6-17/h7-10,13,15,17H,2-6,11-12H2,1H3,(H,22,27). The molecular weight excluding hydrogens is 342 g/mol. The maximum absolute atomic E-state index is 12.6. The minimum Gasteiger partial charge on any atom is -0.339 e. The number of aromatic nitrogens is 3. The first-order chi connectivity index (χ1) is 13.1. The van der Waals surface area contributed by atoms with Crippen molar-refractivity contribution in [2.45, 2.75) is 44.6 Å². The lowest BCUT2D eigenvalue weighted by atomic mass is 9.94. The van der Waals surface area contributed by atoms with Gasteiger partial charge in [-0.25, -0.2) is 0 Å². The molecule has 2 amide bonds. The number of likely N-dealkylation sites (tertiary alicyclic amines) is 1. The number of nitrogens with one attached hydrogen (secondary N) is 1. The maximum Gasteiger partial charge on any atom is 0.229 e. The highest BCUT2D eigenvalue weighted by atomic mass is 16.2. The molecule has 2 aromatic rings. The molecule has 1 aromatic carbocycles. The van der Waals surface area contributed by atoms with Crippen LogP contribution in [0, 0.1) is 5.92 Å². The number of hydrogen-bond acceptors (Lipinski definition) is 4. The molecule has 2 heterocycles. The van der Waals surface area contributed by atoms with Crippen LogP contribution < -0.4 is 5.32 Å². The first kappa shape index (κ1) is 17.7. The second-order valence-electron chi connectivity index (χ2n) is 7.57. The summed E-state index contributed by atoms with van der Waals surface area (Å²) in [7, 11) is 1.89. The van der Waals surface area contributed by atoms with Gasteiger partial charge in [-0.05, 0) is 37.1 Å². The van der Waals surface area contributed by atoms with Gasteiger partial charge in [0.05, 0.1) is 5.92 Å². The predicted molar refractivity (Wildman–Crippen MR) is 102 cm³/mol. The number of carbonyl (C=O) groups excluding carboxylic acids is 2. The number of amides is 2. The second-order valence-corrected chi connectivity index (χ2v) is 7.57. The van der Waals surface area contributed by atoms with Crippen molar-refractivity contribution in [3.63, 3.8) is 0 Å². The lowest BCUT2D eigenvalue weighted by Crippen LogP contribution is -2.38. The zero-order chi connectivity index (χ0) is 18.8. The number of rotatable bonds is 4. The van der Waals surface area contributed by atoms with E-state index in [4.69, 9.17) is 0 Å². The normalized spacial score (nSPS) is 20.9. The van der Waals surface area contributed by atoms with Crippen molar-refractivity contribution in [1.29, 1.82) is 0 Å². The third-order valence-electron chi connectivity index (χ3n) is 5.67. The smallest absolute Gasteiger partial charge is 0.229 e. The van der Waals surface area contributed by atoms with Crippen LogP contribution in [0.2, 0.25) is 0 Å². The van der Waals surface area contributed by atoms with E-state index in [2.05, 4.69) is 15.5 Å². The molecule has 27 heavy (non-hydrogen) atoms. The minimum absolute atomic E-state index is 0.0759. The van der Waals surface area contributed by atoms with E-state index in [-0.39, 0.29) is 17.7 Å². The maximum atomic E-state index is 12.6. The summed E-state index contributed by atoms with van der Waals surface area (Å²) >= 11 is 0. The van der Waals surface area contributed by atoms with Crippen LogP contribution in [0.3, 0.4) is 0 Å². The van der Waals surface area contributed by atoms with E-state index in [1.165, 1.54) is 19.3 Å². The van der Waals surface area contributed by atoms with E-state index >= 15 is 0 Å². The average Bonchev–Trinajstić information content (AvgIpc) is 3.29. The summed E-state index contributed by atoms with van der Waals surface area (Å²) in [5, 5.41) is 10.9. The molecule has 0 spiro atoms. The van der Waals surface area contributed by atoms with Gasteiger partial charge in [-0.3, -0.25) is 9.59 Å². The van der Waals surface area contributed by atoms with Crippen molar-refractivity contribution in [2.75, 3.05) is 11.9 Å². The van der Waals surface area contributed by atoms with E-state index in [1.54, 1.807) is 6.33 Å². The highest BCUT2D eigenvalue weighted by Crippen LogP contribution is 2.29. The summed E-state index contributed by atoms with van der Waals surface area (Å²) in [6.45, 7) is 0.548. The number of benzene rings is 1. The Balaban J connectivity index is 1.38. The van der Waals surface area contributed by atoms with Gasteiger partial charge in [0, 0.05) is 37.3 Å². The molecule has 1 unspecified atom stereocenters. The molecule has 2 fully saturated rings. The van der Waals surface area contributed by atoms with Gasteiger partial charge in [-0.2, -0.15) is 0 Å². The quantitative estimate of drug-likeness (QED) is 0.901. The zero-order valence-electron chi connectivity index (χ0n) is 15.6. The Morgan fingerprint density at radius 2 is 1.89 bits per heavy atom. The van der Waals surface area contributed by atoms with Crippen molar-refractivity contribution in [3.8, 4) is 11.4 Å². The Hall–Kier alpha value is -2.70. The highest BCUT2D eigenvalue weighted by molar-refractivity contribution is 5.97. The minimum atomic E-state index is -0.266. The Morgan fingerprint density at radius 3 is 2.56 bits per heavy atom. The number of carbonyl (C=O) groups is 2. The van der Waals surface area contributed by atoms with Crippen molar-refractivity contribution in [3.05, 3.63) is 30.6 Å². The van der Waals surface area contributed by atoms with Gasteiger partial charge in [0.2, 0.25) is 11.8 Å². The fourth-order valence-corrected chi connectivity index (χ4v) is 4.14. The molecule has 1 aliphatic heterocycles. The molecule has 1 N–H and O–H groups in total. The van der Waals surface area contributed by atoms with Crippen molar-refractivity contribution >= 4 is 17.5 Å². The summed E-state index contributed by atoms with van der Waals surface area (Å²) in [5.41, 5.74) is 1.67. The molecule has 7 heteroatoms. The zero-order valence-corrected chi connectivity index (χ0v) is 15.6. The van der Waals surface area contributed by atoms with E-state index in [1.807, 2.05) is 40.8 Å². The topological polar surface area (TPSA) is 80.1 Å². The third kappa shape index (κ3) is 3.72. The summed E-state index contributed by atoms with van der Waals surface area (Å²) in [5.74, 6) is 0.558. The van der Waals surface area contributed by atoms with Crippen LogP contribution in [-0.2, 0) is 16.6 Å². The van der Waals surface area contributed by atoms with E-state index in [0.717, 1.165) is 29.9 Å². The molecule has 1 saturated carbocycles. The molecule has 142 valence electrons. The van der Waals surface area contributed by atoms with Crippen molar-refractivity contribution in [1.82, 2.24) is 19.7 Å². The van der Waals surface area contributed by atoms with Crippen LogP contribution in [0.1, 0.15) is 38.5 Å². The molecule has 1 aliphatic carbocycles. The molecule has 1 atom stereocenters. The van der Waals surface area contributed by atoms with Crippen LogP contribution in [0.5, 0.6) is 0 Å². The first-order valence-corrected chi connectivity index (χ1v) is 9.66. The Labute approximate surface area is 158 Å². The van der Waals surface area contributed by atoms with Crippen LogP contribution in [0.25, 0.3) is 11.4 Å². The number of aryl methyl sites for hydroxylation is 1. The summed E-state index contributed by atoms with van der Waals surface area (Å²) in [4.78, 5) is 27.0. The molecular formula is C20H25N5O2. The summed E-state index contributed by atoms with van der Waals surface area (Å²) in [6.07, 6.45) is 7.74. The van der Waals surface area contributed by atoms with Crippen LogP contribution in [-0.4, -0.2) is 44.1 Å². The number of nitrogens with zero attached hydrogens (tertiary/aromatic N) is 4. The van der Waals surface area contributed by atoms with Gasteiger partial charge in [-0.15, -0.1) is 10.2 Å². The van der Waals surface area contributed by atoms with Gasteiger partial charge < -0.3 is 14.8 Å². The summed E-state index contributed by atoms with van der Waals surface area (Å²) < 4.78 is 1.84. The van der Waals surface area contributed by atoms with E-state index in [9.17, 15) is 9.59 Å². The Bertz CT molecular complexity index is 823. The van der Waals surface area contributed by atoms with Crippen LogP contribution >= 0.6 is 0 Å². The first-order valence-electron chi connectivity index (χ1n) is 9.66. The van der Waals surface area contributed by atoms with E-state index < -0.39 is 0 Å². The van der Waals surface area contributed by atoms with Gasteiger partial charge in [0.15, 0.2) is 5.82 Å². The molecule has 4 rings (SSSR count). The molecule has 0 bridgehead atoms. The monoisotopic (exact) mass is 367 g/mol. The third-order valence-corrected chi connectivity index (χ3v) is 5.67. The predicted octanol–water partition coefficient (Wildman–Crippen LogP) is 2.60. The van der Waals surface area contributed by atoms with Gasteiger partial charge >= 0.3 is 0 Å². The fourth-order valence-electron chi connectivity index (χ4n) is 4.14. The lowest BCUT2D eigenvalue weighted by molar-refractivity contribution is -0.130. The number of anilines is 1. The fraction of sp³-hybridized carbons (Fsp3) is 0.500. The Kier molecular flexibility index (Phi) is 4.92. The molecule has 2 aliphatic rings. The summed E-state index contributed by atoms with van der Waals surface area (Å²) in [6, 6.07) is 7.87. The Morgan fingerprint density at radius 1 is 1.15 bits per heavy atom. The molecule has 0 radical (unpaired) electrons. The number of hydrogen-bond donors (Lipinski definition) is 1. The highest BCUT2D eigenvalue weighted by Gasteiger charge is 2.38. The molecule has 1 aromatic heterocycles. The van der Waals surface area contributed by atoms with Gasteiger partial charge in [0.25, 0.3) is 0 Å². The van der Waals surface area contributed by atoms with Crippen LogP contribution in [0.15, 0.2) is 30.6 Å².